The van der Waals surface area contributed by atoms with Crippen LogP contribution in [0.3, 0.4) is 0 Å². The van der Waals surface area contributed by atoms with Gasteiger partial charge in [0.25, 0.3) is 0 Å². The van der Waals surface area contributed by atoms with Gasteiger partial charge >= 0.3 is 0 Å². The molecule has 1 aromatic heterocycles. The molecule has 1 aromatic rings. The third-order valence-corrected chi connectivity index (χ3v) is 3.18. The second-order valence-corrected chi connectivity index (χ2v) is 4.79. The molecule has 1 fully saturated rings. The van der Waals surface area contributed by atoms with Crippen molar-refractivity contribution in [3.63, 3.8) is 0 Å². The Morgan fingerprint density at radius 2 is 2.50 bits per heavy atom. The average molecular weight is 243 g/mol. The molecule has 0 saturated carbocycles. The molecule has 0 bridgehead atoms. The fourth-order valence-corrected chi connectivity index (χ4v) is 2.14. The molecular weight excluding hydrogens is 226 g/mol. The second-order valence-electron chi connectivity index (χ2n) is 3.72. The Kier molecular flexibility index (Phi) is 4.50. The van der Waals surface area contributed by atoms with Crippen molar-refractivity contribution in [2.75, 3.05) is 25.1 Å². The fourth-order valence-electron chi connectivity index (χ4n) is 1.45. The van der Waals surface area contributed by atoms with Crippen LogP contribution in [0.15, 0.2) is 0 Å². The lowest BCUT2D eigenvalue weighted by Gasteiger charge is -2.06. The second kappa shape index (κ2) is 6.12. The van der Waals surface area contributed by atoms with E-state index in [4.69, 9.17) is 9.47 Å². The molecule has 5 nitrogen and oxygen atoms in total. The monoisotopic (exact) mass is 243 g/mol. The van der Waals surface area contributed by atoms with Crippen molar-refractivity contribution in [3.05, 3.63) is 5.01 Å². The smallest absolute Gasteiger partial charge is 0.205 e. The van der Waals surface area contributed by atoms with Crippen LogP contribution in [0.4, 0.5) is 5.13 Å². The molecule has 90 valence electrons. The summed E-state index contributed by atoms with van der Waals surface area (Å²) >= 11 is 1.56. The summed E-state index contributed by atoms with van der Waals surface area (Å²) in [4.78, 5) is 0. The molecule has 2 heterocycles. The van der Waals surface area contributed by atoms with Crippen molar-refractivity contribution in [2.24, 2.45) is 0 Å². The van der Waals surface area contributed by atoms with Crippen molar-refractivity contribution >= 4 is 16.5 Å². The standard InChI is InChI=1S/C10H17N3O2S/c1-2-4-11-10-13-12-9(16-10)7-15-8-3-5-14-6-8/h8H,2-7H2,1H3,(H,11,13). The van der Waals surface area contributed by atoms with Gasteiger partial charge in [-0.3, -0.25) is 0 Å². The lowest BCUT2D eigenvalue weighted by Crippen LogP contribution is -2.11. The zero-order valence-electron chi connectivity index (χ0n) is 9.44. The Morgan fingerprint density at radius 1 is 1.56 bits per heavy atom. The van der Waals surface area contributed by atoms with E-state index >= 15 is 0 Å². The molecule has 1 saturated heterocycles. The summed E-state index contributed by atoms with van der Waals surface area (Å²) < 4.78 is 10.9. The van der Waals surface area contributed by atoms with Gasteiger partial charge in [0.15, 0.2) is 0 Å². The molecule has 16 heavy (non-hydrogen) atoms. The summed E-state index contributed by atoms with van der Waals surface area (Å²) in [5.41, 5.74) is 0. The van der Waals surface area contributed by atoms with Crippen LogP contribution in [0.5, 0.6) is 0 Å². The van der Waals surface area contributed by atoms with E-state index in [0.717, 1.165) is 36.1 Å². The summed E-state index contributed by atoms with van der Waals surface area (Å²) in [7, 11) is 0. The van der Waals surface area contributed by atoms with Crippen LogP contribution >= 0.6 is 11.3 Å². The third-order valence-electron chi connectivity index (χ3n) is 2.32. The van der Waals surface area contributed by atoms with E-state index in [0.29, 0.717) is 13.2 Å². The fraction of sp³-hybridized carbons (Fsp3) is 0.800. The van der Waals surface area contributed by atoms with Gasteiger partial charge in [0.1, 0.15) is 11.6 Å². The van der Waals surface area contributed by atoms with Crippen LogP contribution in [-0.4, -0.2) is 36.1 Å². The number of rotatable bonds is 6. The Hall–Kier alpha value is -0.720. The molecule has 0 radical (unpaired) electrons. The predicted molar refractivity (Wildman–Crippen MR) is 62.7 cm³/mol. The summed E-state index contributed by atoms with van der Waals surface area (Å²) in [5.74, 6) is 0. The zero-order valence-corrected chi connectivity index (χ0v) is 10.3. The van der Waals surface area contributed by atoms with Crippen LogP contribution in [0.1, 0.15) is 24.8 Å². The van der Waals surface area contributed by atoms with E-state index in [1.54, 1.807) is 11.3 Å². The van der Waals surface area contributed by atoms with Crippen LogP contribution in [0, 0.1) is 0 Å². The highest BCUT2D eigenvalue weighted by molar-refractivity contribution is 7.15. The van der Waals surface area contributed by atoms with Gasteiger partial charge in [0.2, 0.25) is 5.13 Å². The molecule has 2 rings (SSSR count). The number of nitrogens with one attached hydrogen (secondary N) is 1. The number of hydrogen-bond acceptors (Lipinski definition) is 6. The van der Waals surface area contributed by atoms with Gasteiger partial charge in [-0.25, -0.2) is 0 Å². The van der Waals surface area contributed by atoms with E-state index in [-0.39, 0.29) is 6.10 Å². The maximum absolute atomic E-state index is 5.66. The molecule has 1 aliphatic heterocycles. The summed E-state index contributed by atoms with van der Waals surface area (Å²) in [6.45, 7) is 5.12. The molecule has 0 aliphatic carbocycles. The summed E-state index contributed by atoms with van der Waals surface area (Å²) in [6.07, 6.45) is 2.31. The third kappa shape index (κ3) is 3.40. The largest absolute Gasteiger partial charge is 0.379 e. The highest BCUT2D eigenvalue weighted by atomic mass is 32.1. The van der Waals surface area contributed by atoms with E-state index in [1.165, 1.54) is 0 Å². The number of aromatic nitrogens is 2. The molecule has 0 amide bonds. The van der Waals surface area contributed by atoms with Crippen LogP contribution < -0.4 is 5.32 Å². The minimum absolute atomic E-state index is 0.232. The van der Waals surface area contributed by atoms with Crippen molar-refractivity contribution in [3.8, 4) is 0 Å². The Balaban J connectivity index is 1.73. The van der Waals surface area contributed by atoms with Gasteiger partial charge in [-0.15, -0.1) is 10.2 Å². The Morgan fingerprint density at radius 3 is 3.25 bits per heavy atom. The highest BCUT2D eigenvalue weighted by Crippen LogP contribution is 2.17. The van der Waals surface area contributed by atoms with Gasteiger partial charge in [-0.05, 0) is 12.8 Å². The van der Waals surface area contributed by atoms with Gasteiger partial charge in [0, 0.05) is 13.2 Å². The zero-order chi connectivity index (χ0) is 11.2. The number of ether oxygens (including phenoxy) is 2. The molecule has 1 N–H and O–H groups in total. The normalized spacial score (nSPS) is 20.2. The number of hydrogen-bond donors (Lipinski definition) is 1. The van der Waals surface area contributed by atoms with E-state index < -0.39 is 0 Å². The van der Waals surface area contributed by atoms with Crippen LogP contribution in [0.2, 0.25) is 0 Å². The molecular formula is C10H17N3O2S. The molecule has 0 spiro atoms. The average Bonchev–Trinajstić information content (AvgIpc) is 2.95. The minimum atomic E-state index is 0.232. The van der Waals surface area contributed by atoms with Gasteiger partial charge in [-0.1, -0.05) is 18.3 Å². The van der Waals surface area contributed by atoms with Crippen molar-refractivity contribution < 1.29 is 9.47 Å². The van der Waals surface area contributed by atoms with Gasteiger partial charge in [0.05, 0.1) is 12.7 Å². The first-order valence-electron chi connectivity index (χ1n) is 5.64. The quantitative estimate of drug-likeness (QED) is 0.823. The molecule has 1 atom stereocenters. The minimum Gasteiger partial charge on any atom is -0.379 e. The maximum atomic E-state index is 5.66. The van der Waals surface area contributed by atoms with Gasteiger partial charge < -0.3 is 14.8 Å². The van der Waals surface area contributed by atoms with Crippen molar-refractivity contribution in [2.45, 2.75) is 32.5 Å². The van der Waals surface area contributed by atoms with Crippen molar-refractivity contribution in [1.29, 1.82) is 0 Å². The van der Waals surface area contributed by atoms with E-state index in [1.807, 2.05) is 0 Å². The first kappa shape index (κ1) is 11.8. The molecule has 1 unspecified atom stereocenters. The lowest BCUT2D eigenvalue weighted by atomic mass is 10.3. The Labute approximate surface area is 99.2 Å². The lowest BCUT2D eigenvalue weighted by molar-refractivity contribution is 0.0314. The SMILES string of the molecule is CCCNc1nnc(COC2CCOC2)s1. The number of anilines is 1. The van der Waals surface area contributed by atoms with Gasteiger partial charge in [-0.2, -0.15) is 0 Å². The topological polar surface area (TPSA) is 56.3 Å². The molecule has 6 heteroatoms. The summed E-state index contributed by atoms with van der Waals surface area (Å²) in [5, 5.41) is 13.1. The Bertz CT molecular complexity index is 313. The van der Waals surface area contributed by atoms with Crippen LogP contribution in [0.25, 0.3) is 0 Å². The van der Waals surface area contributed by atoms with Crippen molar-refractivity contribution in [1.82, 2.24) is 10.2 Å². The molecule has 1 aliphatic rings. The predicted octanol–water partition coefficient (Wildman–Crippen LogP) is 1.67. The molecule has 0 aromatic carbocycles. The van der Waals surface area contributed by atoms with Crippen LogP contribution in [-0.2, 0) is 16.1 Å². The van der Waals surface area contributed by atoms with E-state index in [2.05, 4.69) is 22.4 Å². The van der Waals surface area contributed by atoms with E-state index in [9.17, 15) is 0 Å². The summed E-state index contributed by atoms with van der Waals surface area (Å²) in [6, 6.07) is 0. The highest BCUT2D eigenvalue weighted by Gasteiger charge is 2.16. The number of nitrogens with zero attached hydrogens (tertiary/aromatic N) is 2. The first-order valence-corrected chi connectivity index (χ1v) is 6.45. The maximum Gasteiger partial charge on any atom is 0.205 e. The first-order chi connectivity index (χ1) is 7.88.